The number of aromatic amines is 1. The van der Waals surface area contributed by atoms with Crippen molar-refractivity contribution in [2.24, 2.45) is 0 Å². The summed E-state index contributed by atoms with van der Waals surface area (Å²) in [5.74, 6) is 1.09. The van der Waals surface area contributed by atoms with E-state index in [4.69, 9.17) is 14.5 Å². The molecule has 1 heterocycles. The van der Waals surface area contributed by atoms with E-state index in [1.54, 1.807) is 32.4 Å². The molecule has 0 bridgehead atoms. The van der Waals surface area contributed by atoms with Crippen molar-refractivity contribution in [3.05, 3.63) is 77.9 Å². The Bertz CT molecular complexity index is 1270. The molecule has 4 rings (SSSR count). The third-order valence-corrected chi connectivity index (χ3v) is 7.18. The van der Waals surface area contributed by atoms with Gasteiger partial charge in [0.1, 0.15) is 11.5 Å². The zero-order valence-electron chi connectivity index (χ0n) is 21.2. The molecule has 1 unspecified atom stereocenters. The highest BCUT2D eigenvalue weighted by Gasteiger charge is 2.23. The number of hydrogen-bond acceptors (Lipinski definition) is 5. The molecule has 0 saturated heterocycles. The van der Waals surface area contributed by atoms with Gasteiger partial charge in [-0.3, -0.25) is 4.79 Å². The number of methoxy groups -OCH3 is 2. The predicted molar refractivity (Wildman–Crippen MR) is 147 cm³/mol. The number of nitrogens with one attached hydrogen (secondary N) is 2. The topological polar surface area (TPSA) is 76.2 Å². The number of aryl methyl sites for hydroxylation is 2. The molecule has 0 aliphatic carbocycles. The van der Waals surface area contributed by atoms with Gasteiger partial charge < -0.3 is 19.8 Å². The Hall–Kier alpha value is -3.71. The van der Waals surface area contributed by atoms with Crippen LogP contribution >= 0.6 is 11.8 Å². The Balaban J connectivity index is 1.63. The number of imidazole rings is 1. The molecule has 0 spiro atoms. The second-order valence-electron chi connectivity index (χ2n) is 8.57. The van der Waals surface area contributed by atoms with Crippen molar-refractivity contribution in [2.75, 3.05) is 19.5 Å². The standard InChI is InChI=1S/C29H31N3O3S/c1-6-25(28(33)30-23-17-22(34-4)15-16-24(23)35-5)36-29-31-26(20-11-7-18(2)8-12-20)27(32-29)21-13-9-19(3)10-14-21/h7-17,25H,6H2,1-5H3,(H,30,33)(H,31,32). The van der Waals surface area contributed by atoms with Crippen LogP contribution in [0.5, 0.6) is 11.5 Å². The van der Waals surface area contributed by atoms with E-state index in [1.165, 1.54) is 22.9 Å². The highest BCUT2D eigenvalue weighted by atomic mass is 32.2. The third kappa shape index (κ3) is 5.74. The van der Waals surface area contributed by atoms with E-state index in [2.05, 4.69) is 72.7 Å². The maximum absolute atomic E-state index is 13.3. The Kier molecular flexibility index (Phi) is 8.00. The van der Waals surface area contributed by atoms with Gasteiger partial charge in [-0.25, -0.2) is 4.98 Å². The van der Waals surface area contributed by atoms with Crippen LogP contribution in [0.1, 0.15) is 24.5 Å². The van der Waals surface area contributed by atoms with Gasteiger partial charge in [-0.1, -0.05) is 78.3 Å². The summed E-state index contributed by atoms with van der Waals surface area (Å²) in [6, 6.07) is 22.0. The van der Waals surface area contributed by atoms with Gasteiger partial charge in [0, 0.05) is 17.2 Å². The molecule has 0 aliphatic rings. The zero-order chi connectivity index (χ0) is 25.7. The number of nitrogens with zero attached hydrogens (tertiary/aromatic N) is 1. The van der Waals surface area contributed by atoms with Crippen LogP contribution in [0, 0.1) is 13.8 Å². The van der Waals surface area contributed by atoms with E-state index >= 15 is 0 Å². The van der Waals surface area contributed by atoms with E-state index in [9.17, 15) is 4.79 Å². The van der Waals surface area contributed by atoms with Crippen molar-refractivity contribution in [3.63, 3.8) is 0 Å². The normalized spacial score (nSPS) is 11.7. The maximum Gasteiger partial charge on any atom is 0.238 e. The molecule has 7 heteroatoms. The molecule has 0 radical (unpaired) electrons. The van der Waals surface area contributed by atoms with Gasteiger partial charge >= 0.3 is 0 Å². The SMILES string of the molecule is CCC(Sc1nc(-c2ccc(C)cc2)c(-c2ccc(C)cc2)[nH]1)C(=O)Nc1cc(OC)ccc1OC. The van der Waals surface area contributed by atoms with E-state index in [1.807, 2.05) is 6.92 Å². The number of H-pyrrole nitrogens is 1. The Morgan fingerprint density at radius 1 is 0.944 bits per heavy atom. The molecule has 3 aromatic carbocycles. The van der Waals surface area contributed by atoms with Crippen molar-refractivity contribution in [2.45, 2.75) is 37.6 Å². The van der Waals surface area contributed by atoms with Crippen LogP contribution in [0.25, 0.3) is 22.5 Å². The number of hydrogen-bond donors (Lipinski definition) is 2. The van der Waals surface area contributed by atoms with Crippen molar-refractivity contribution < 1.29 is 14.3 Å². The number of anilines is 1. The quantitative estimate of drug-likeness (QED) is 0.244. The fourth-order valence-electron chi connectivity index (χ4n) is 3.84. The summed E-state index contributed by atoms with van der Waals surface area (Å²) < 4.78 is 10.7. The zero-order valence-corrected chi connectivity index (χ0v) is 22.0. The van der Waals surface area contributed by atoms with Crippen LogP contribution in [0.3, 0.4) is 0 Å². The lowest BCUT2D eigenvalue weighted by Crippen LogP contribution is -2.25. The lowest BCUT2D eigenvalue weighted by atomic mass is 10.0. The molecular weight excluding hydrogens is 470 g/mol. The highest BCUT2D eigenvalue weighted by Crippen LogP contribution is 2.36. The van der Waals surface area contributed by atoms with Crippen LogP contribution in [-0.4, -0.2) is 35.3 Å². The second kappa shape index (κ2) is 11.4. The first kappa shape index (κ1) is 25.4. The third-order valence-electron chi connectivity index (χ3n) is 5.93. The number of amides is 1. The van der Waals surface area contributed by atoms with E-state index in [0.717, 1.165) is 22.5 Å². The van der Waals surface area contributed by atoms with Crippen LogP contribution < -0.4 is 14.8 Å². The molecule has 6 nitrogen and oxygen atoms in total. The number of carbonyl (C=O) groups is 1. The van der Waals surface area contributed by atoms with Gasteiger partial charge in [0.25, 0.3) is 0 Å². The molecule has 186 valence electrons. The van der Waals surface area contributed by atoms with Crippen molar-refractivity contribution in [1.29, 1.82) is 0 Å². The molecule has 1 aromatic heterocycles. The minimum absolute atomic E-state index is 0.126. The Morgan fingerprint density at radius 3 is 2.17 bits per heavy atom. The number of benzene rings is 3. The van der Waals surface area contributed by atoms with Gasteiger partial charge in [0.15, 0.2) is 5.16 Å². The van der Waals surface area contributed by atoms with Crippen LogP contribution in [0.4, 0.5) is 5.69 Å². The van der Waals surface area contributed by atoms with E-state index in [0.29, 0.717) is 28.8 Å². The average Bonchev–Trinajstić information content (AvgIpc) is 3.31. The summed E-state index contributed by atoms with van der Waals surface area (Å²) in [5.41, 5.74) is 6.84. The molecule has 2 N–H and O–H groups in total. The predicted octanol–water partition coefficient (Wildman–Crippen LogP) is 6.89. The summed E-state index contributed by atoms with van der Waals surface area (Å²) in [7, 11) is 3.16. The highest BCUT2D eigenvalue weighted by molar-refractivity contribution is 8.00. The lowest BCUT2D eigenvalue weighted by Gasteiger charge is -2.16. The number of carbonyl (C=O) groups excluding carboxylic acids is 1. The van der Waals surface area contributed by atoms with Gasteiger partial charge in [0.2, 0.25) is 5.91 Å². The Morgan fingerprint density at radius 2 is 1.58 bits per heavy atom. The first-order valence-corrected chi connectivity index (χ1v) is 12.7. The molecule has 1 amide bonds. The monoisotopic (exact) mass is 501 g/mol. The minimum atomic E-state index is -0.358. The first-order chi connectivity index (χ1) is 17.4. The number of rotatable bonds is 9. The molecular formula is C29H31N3O3S. The molecule has 1 atom stereocenters. The van der Waals surface area contributed by atoms with Gasteiger partial charge in [-0.2, -0.15) is 0 Å². The summed E-state index contributed by atoms with van der Waals surface area (Å²) in [6.07, 6.45) is 0.628. The molecule has 0 aliphatic heterocycles. The summed E-state index contributed by atoms with van der Waals surface area (Å²) >= 11 is 1.42. The first-order valence-electron chi connectivity index (χ1n) is 11.9. The smallest absolute Gasteiger partial charge is 0.238 e. The molecule has 4 aromatic rings. The van der Waals surface area contributed by atoms with Gasteiger partial charge in [-0.05, 0) is 32.4 Å². The van der Waals surface area contributed by atoms with Crippen LogP contribution in [0.15, 0.2) is 71.9 Å². The maximum atomic E-state index is 13.3. The fraction of sp³-hybridized carbons (Fsp3) is 0.241. The second-order valence-corrected chi connectivity index (χ2v) is 9.76. The number of thioether (sulfide) groups is 1. The van der Waals surface area contributed by atoms with Gasteiger partial charge in [0.05, 0.1) is 36.5 Å². The Labute approximate surface area is 216 Å². The van der Waals surface area contributed by atoms with E-state index in [-0.39, 0.29) is 11.2 Å². The van der Waals surface area contributed by atoms with Crippen molar-refractivity contribution in [1.82, 2.24) is 9.97 Å². The molecule has 36 heavy (non-hydrogen) atoms. The van der Waals surface area contributed by atoms with Crippen molar-refractivity contribution in [3.8, 4) is 34.0 Å². The fourth-order valence-corrected chi connectivity index (χ4v) is 4.75. The molecule has 0 saturated carbocycles. The van der Waals surface area contributed by atoms with E-state index < -0.39 is 0 Å². The number of ether oxygens (including phenoxy) is 2. The largest absolute Gasteiger partial charge is 0.497 e. The van der Waals surface area contributed by atoms with Crippen LogP contribution in [0.2, 0.25) is 0 Å². The average molecular weight is 502 g/mol. The minimum Gasteiger partial charge on any atom is -0.497 e. The molecule has 0 fully saturated rings. The lowest BCUT2D eigenvalue weighted by molar-refractivity contribution is -0.115. The van der Waals surface area contributed by atoms with Crippen LogP contribution in [-0.2, 0) is 4.79 Å². The van der Waals surface area contributed by atoms with Crippen molar-refractivity contribution >= 4 is 23.4 Å². The number of aromatic nitrogens is 2. The van der Waals surface area contributed by atoms with Gasteiger partial charge in [-0.15, -0.1) is 0 Å². The summed E-state index contributed by atoms with van der Waals surface area (Å²) in [6.45, 7) is 6.13. The summed E-state index contributed by atoms with van der Waals surface area (Å²) in [5, 5.41) is 3.34. The summed E-state index contributed by atoms with van der Waals surface area (Å²) in [4.78, 5) is 21.7.